The maximum atomic E-state index is 11.2. The first kappa shape index (κ1) is 9.38. The molecule has 0 aliphatic carbocycles. The zero-order valence-electron chi connectivity index (χ0n) is 7.34. The molecular formula is C9H11N2O2+. The van der Waals surface area contributed by atoms with E-state index < -0.39 is 0 Å². The van der Waals surface area contributed by atoms with Crippen LogP contribution in [0.1, 0.15) is 6.92 Å². The fourth-order valence-corrected chi connectivity index (χ4v) is 0.876. The average molecular weight is 179 g/mol. The molecule has 4 heteroatoms. The summed E-state index contributed by atoms with van der Waals surface area (Å²) in [5.74, 6) is -0.196. The molecule has 0 spiro atoms. The summed E-state index contributed by atoms with van der Waals surface area (Å²) < 4.78 is 1.72. The van der Waals surface area contributed by atoms with Crippen LogP contribution in [0.25, 0.3) is 0 Å². The smallest absolute Gasteiger partial charge is 0.244 e. The molecule has 68 valence electrons. The maximum absolute atomic E-state index is 11.2. The molecule has 0 aliphatic heterocycles. The summed E-state index contributed by atoms with van der Waals surface area (Å²) in [4.78, 5) is 11.2. The molecule has 0 atom stereocenters. The van der Waals surface area contributed by atoms with Gasteiger partial charge < -0.3 is 5.21 Å². The molecule has 4 nitrogen and oxygen atoms in total. The van der Waals surface area contributed by atoms with Crippen LogP contribution in [0, 0.1) is 0 Å². The number of carbonyl (C=O) groups excluding carboxylic acids is 1. The van der Waals surface area contributed by atoms with E-state index in [2.05, 4.69) is 5.16 Å². The molecule has 13 heavy (non-hydrogen) atoms. The Morgan fingerprint density at radius 3 is 2.54 bits per heavy atom. The van der Waals surface area contributed by atoms with Crippen LogP contribution in [-0.4, -0.2) is 16.7 Å². The van der Waals surface area contributed by atoms with Crippen molar-refractivity contribution < 1.29 is 14.6 Å². The van der Waals surface area contributed by atoms with Crippen molar-refractivity contribution in [3.63, 3.8) is 0 Å². The number of pyridine rings is 1. The van der Waals surface area contributed by atoms with Crippen LogP contribution >= 0.6 is 0 Å². The lowest BCUT2D eigenvalue weighted by molar-refractivity contribution is -0.683. The minimum Gasteiger partial charge on any atom is -0.411 e. The van der Waals surface area contributed by atoms with E-state index in [1.54, 1.807) is 17.0 Å². The summed E-state index contributed by atoms with van der Waals surface area (Å²) in [5, 5.41) is 11.2. The highest BCUT2D eigenvalue weighted by atomic mass is 16.4. The van der Waals surface area contributed by atoms with Crippen LogP contribution in [0.15, 0.2) is 35.7 Å². The van der Waals surface area contributed by atoms with Gasteiger partial charge in [-0.2, -0.15) is 4.57 Å². The van der Waals surface area contributed by atoms with Crippen molar-refractivity contribution in [1.82, 2.24) is 0 Å². The Bertz CT molecular complexity index is 320. The van der Waals surface area contributed by atoms with E-state index in [0.29, 0.717) is 0 Å². The summed E-state index contributed by atoms with van der Waals surface area (Å²) in [6, 6.07) is 5.53. The topological polar surface area (TPSA) is 53.5 Å². The van der Waals surface area contributed by atoms with Crippen LogP contribution in [0.4, 0.5) is 0 Å². The molecule has 0 unspecified atom stereocenters. The zero-order chi connectivity index (χ0) is 9.68. The molecule has 1 rings (SSSR count). The third-order valence-electron chi connectivity index (χ3n) is 1.66. The number of hydrogen-bond acceptors (Lipinski definition) is 3. The summed E-state index contributed by atoms with van der Waals surface area (Å²) in [5.41, 5.74) is 0.122. The van der Waals surface area contributed by atoms with Gasteiger partial charge in [-0.25, -0.2) is 0 Å². The molecule has 1 aromatic rings. The molecule has 0 fully saturated rings. The minimum absolute atomic E-state index is 0.122. The fourth-order valence-electron chi connectivity index (χ4n) is 0.876. The highest BCUT2D eigenvalue weighted by Crippen LogP contribution is 1.82. The van der Waals surface area contributed by atoms with Gasteiger partial charge in [0.15, 0.2) is 12.4 Å². The van der Waals surface area contributed by atoms with Crippen LogP contribution < -0.4 is 4.57 Å². The second-order valence-corrected chi connectivity index (χ2v) is 2.66. The minimum atomic E-state index is -0.196. The van der Waals surface area contributed by atoms with Gasteiger partial charge in [-0.05, 0) is 6.92 Å². The number of hydrogen-bond donors (Lipinski definition) is 1. The molecular weight excluding hydrogens is 168 g/mol. The van der Waals surface area contributed by atoms with Crippen molar-refractivity contribution in [3.05, 3.63) is 30.6 Å². The van der Waals surface area contributed by atoms with E-state index in [-0.39, 0.29) is 18.0 Å². The third kappa shape index (κ3) is 2.66. The van der Waals surface area contributed by atoms with E-state index in [9.17, 15) is 4.79 Å². The number of ketones is 1. The molecule has 1 heterocycles. The van der Waals surface area contributed by atoms with Crippen LogP contribution in [0.3, 0.4) is 0 Å². The first-order valence-electron chi connectivity index (χ1n) is 3.90. The highest BCUT2D eigenvalue weighted by Gasteiger charge is 2.11. The number of Topliss-reactive ketones (excluding diaryl/α,β-unsaturated/α-hetero) is 1. The lowest BCUT2D eigenvalue weighted by Gasteiger charge is -1.93. The maximum Gasteiger partial charge on any atom is 0.244 e. The Morgan fingerprint density at radius 1 is 1.38 bits per heavy atom. The monoisotopic (exact) mass is 179 g/mol. The lowest BCUT2D eigenvalue weighted by Crippen LogP contribution is -2.38. The number of rotatable bonds is 3. The summed E-state index contributed by atoms with van der Waals surface area (Å²) in [6.45, 7) is 1.68. The molecule has 0 bridgehead atoms. The Hall–Kier alpha value is -1.71. The van der Waals surface area contributed by atoms with E-state index in [0.717, 1.165) is 0 Å². The zero-order valence-corrected chi connectivity index (χ0v) is 7.34. The molecule has 0 radical (unpaired) electrons. The lowest BCUT2D eigenvalue weighted by atomic mass is 10.2. The Labute approximate surface area is 76.1 Å². The van der Waals surface area contributed by atoms with Crippen molar-refractivity contribution in [3.8, 4) is 0 Å². The van der Waals surface area contributed by atoms with Crippen molar-refractivity contribution in [2.24, 2.45) is 5.16 Å². The number of nitrogens with zero attached hydrogens (tertiary/aromatic N) is 2. The van der Waals surface area contributed by atoms with Crippen LogP contribution in [-0.2, 0) is 11.3 Å². The van der Waals surface area contributed by atoms with Gasteiger partial charge in [0.2, 0.25) is 12.3 Å². The van der Waals surface area contributed by atoms with Gasteiger partial charge in [-0.3, -0.25) is 4.79 Å². The van der Waals surface area contributed by atoms with Gasteiger partial charge in [-0.1, -0.05) is 11.2 Å². The van der Waals surface area contributed by atoms with Crippen LogP contribution in [0.5, 0.6) is 0 Å². The van der Waals surface area contributed by atoms with Crippen molar-refractivity contribution in [2.45, 2.75) is 13.5 Å². The van der Waals surface area contributed by atoms with Gasteiger partial charge in [0.25, 0.3) is 0 Å². The highest BCUT2D eigenvalue weighted by molar-refractivity contribution is 6.38. The number of oxime groups is 1. The molecule has 0 aliphatic rings. The van der Waals surface area contributed by atoms with Crippen LogP contribution in [0.2, 0.25) is 0 Å². The summed E-state index contributed by atoms with van der Waals surface area (Å²) in [6.07, 6.45) is 3.56. The molecule has 0 aromatic carbocycles. The van der Waals surface area contributed by atoms with E-state index >= 15 is 0 Å². The molecule has 1 N–H and O–H groups in total. The SMILES string of the molecule is C/C(=N\O)C(=O)C[n+]1ccccc1. The third-order valence-corrected chi connectivity index (χ3v) is 1.66. The molecule has 1 aromatic heterocycles. The second kappa shape index (κ2) is 4.35. The summed E-state index contributed by atoms with van der Waals surface area (Å²) >= 11 is 0. The standard InChI is InChI=1S/C9H10N2O2/c1-8(10-13)9(12)7-11-5-3-2-4-6-11/h2-6H,7H2,1H3/p+1. The van der Waals surface area contributed by atoms with Gasteiger partial charge in [0.05, 0.1) is 0 Å². The second-order valence-electron chi connectivity index (χ2n) is 2.66. The first-order valence-corrected chi connectivity index (χ1v) is 3.90. The van der Waals surface area contributed by atoms with E-state index in [1.165, 1.54) is 6.92 Å². The van der Waals surface area contributed by atoms with Gasteiger partial charge in [0.1, 0.15) is 5.71 Å². The normalized spacial score (nSPS) is 11.3. The average Bonchev–Trinajstić information content (AvgIpc) is 2.18. The largest absolute Gasteiger partial charge is 0.411 e. The Balaban J connectivity index is 2.66. The van der Waals surface area contributed by atoms with Gasteiger partial charge >= 0.3 is 0 Å². The predicted octanol–water partition coefficient (Wildman–Crippen LogP) is 0.393. The van der Waals surface area contributed by atoms with Crippen molar-refractivity contribution in [1.29, 1.82) is 0 Å². The molecule has 0 amide bonds. The first-order chi connectivity index (χ1) is 6.24. The van der Waals surface area contributed by atoms with Crippen molar-refractivity contribution >= 4 is 11.5 Å². The van der Waals surface area contributed by atoms with Crippen molar-refractivity contribution in [2.75, 3.05) is 0 Å². The number of carbonyl (C=O) groups is 1. The number of aromatic nitrogens is 1. The van der Waals surface area contributed by atoms with E-state index in [4.69, 9.17) is 5.21 Å². The summed E-state index contributed by atoms with van der Waals surface area (Å²) in [7, 11) is 0. The van der Waals surface area contributed by atoms with Gasteiger partial charge in [-0.15, -0.1) is 0 Å². The Morgan fingerprint density at radius 2 is 2.00 bits per heavy atom. The van der Waals surface area contributed by atoms with Gasteiger partial charge in [0, 0.05) is 12.1 Å². The Kier molecular flexibility index (Phi) is 3.14. The molecule has 0 saturated heterocycles. The quantitative estimate of drug-likeness (QED) is 0.316. The predicted molar refractivity (Wildman–Crippen MR) is 46.5 cm³/mol. The fraction of sp³-hybridized carbons (Fsp3) is 0.222. The van der Waals surface area contributed by atoms with E-state index in [1.807, 2.05) is 18.2 Å². The molecule has 0 saturated carbocycles.